The Bertz CT molecular complexity index is 392. The third kappa shape index (κ3) is 2.49. The highest BCUT2D eigenvalue weighted by Crippen LogP contribution is 2.23. The quantitative estimate of drug-likeness (QED) is 0.787. The number of carbonyl (C=O) groups is 1. The van der Waals surface area contributed by atoms with Crippen LogP contribution in [0.5, 0.6) is 0 Å². The average Bonchev–Trinajstić information content (AvgIpc) is 2.65. The summed E-state index contributed by atoms with van der Waals surface area (Å²) in [5, 5.41) is 10.2. The van der Waals surface area contributed by atoms with Gasteiger partial charge in [-0.05, 0) is 18.6 Å². The fourth-order valence-corrected chi connectivity index (χ4v) is 2.02. The summed E-state index contributed by atoms with van der Waals surface area (Å²) in [5.41, 5.74) is 0.927. The number of Topliss-reactive ketones (excluding diaryl/α,β-unsaturated/α-hetero) is 1. The molecule has 3 nitrogen and oxygen atoms in total. The molecule has 3 heteroatoms. The van der Waals surface area contributed by atoms with Gasteiger partial charge in [0, 0.05) is 25.0 Å². The molecule has 0 amide bonds. The lowest BCUT2D eigenvalue weighted by Crippen LogP contribution is -2.31. The molecule has 1 saturated heterocycles. The van der Waals surface area contributed by atoms with Gasteiger partial charge in [-0.15, -0.1) is 0 Å². The zero-order valence-corrected chi connectivity index (χ0v) is 9.40. The van der Waals surface area contributed by atoms with E-state index in [1.54, 1.807) is 13.0 Å². The lowest BCUT2D eigenvalue weighted by atomic mass is 9.93. The number of aliphatic hydroxyl groups is 1. The smallest absolute Gasteiger partial charge is 0.159 e. The molecular weight excluding hydrogens is 204 g/mol. The Labute approximate surface area is 95.0 Å². The van der Waals surface area contributed by atoms with Crippen LogP contribution in [0.25, 0.3) is 0 Å². The maximum atomic E-state index is 11.2. The van der Waals surface area contributed by atoms with Crippen molar-refractivity contribution >= 4 is 5.78 Å². The summed E-state index contributed by atoms with van der Waals surface area (Å²) >= 11 is 0. The lowest BCUT2D eigenvalue weighted by molar-refractivity contribution is 0.0270. The Balaban J connectivity index is 2.15. The number of ether oxygens (including phenoxy) is 1. The first kappa shape index (κ1) is 11.3. The van der Waals surface area contributed by atoms with Crippen LogP contribution in [0, 0.1) is 0 Å². The molecule has 1 aliphatic rings. The Morgan fingerprint density at radius 1 is 1.56 bits per heavy atom. The van der Waals surface area contributed by atoms with E-state index in [9.17, 15) is 9.90 Å². The summed E-state index contributed by atoms with van der Waals surface area (Å²) in [6.07, 6.45) is 1.21. The third-order valence-electron chi connectivity index (χ3n) is 2.95. The van der Waals surface area contributed by atoms with Crippen molar-refractivity contribution in [3.8, 4) is 0 Å². The molecule has 1 heterocycles. The highest BCUT2D eigenvalue weighted by Gasteiger charge is 2.32. The van der Waals surface area contributed by atoms with E-state index < -0.39 is 5.60 Å². The van der Waals surface area contributed by atoms with E-state index in [0.29, 0.717) is 31.6 Å². The molecule has 1 aromatic carbocycles. The molecule has 1 fully saturated rings. The van der Waals surface area contributed by atoms with E-state index in [-0.39, 0.29) is 5.78 Å². The van der Waals surface area contributed by atoms with Crippen LogP contribution in [-0.2, 0) is 11.2 Å². The van der Waals surface area contributed by atoms with Gasteiger partial charge in [0.05, 0.1) is 12.2 Å². The molecule has 16 heavy (non-hydrogen) atoms. The lowest BCUT2D eigenvalue weighted by Gasteiger charge is -2.20. The first-order valence-corrected chi connectivity index (χ1v) is 5.49. The van der Waals surface area contributed by atoms with Crippen molar-refractivity contribution < 1.29 is 14.6 Å². The molecule has 0 spiro atoms. The van der Waals surface area contributed by atoms with E-state index >= 15 is 0 Å². The van der Waals surface area contributed by atoms with E-state index in [4.69, 9.17) is 4.74 Å². The second kappa shape index (κ2) is 4.36. The molecule has 1 aliphatic heterocycles. The number of hydrogen-bond donors (Lipinski definition) is 1. The minimum atomic E-state index is -0.755. The molecule has 0 bridgehead atoms. The highest BCUT2D eigenvalue weighted by molar-refractivity contribution is 5.94. The van der Waals surface area contributed by atoms with Crippen molar-refractivity contribution in [2.45, 2.75) is 25.4 Å². The van der Waals surface area contributed by atoms with Crippen molar-refractivity contribution in [2.75, 3.05) is 13.2 Å². The van der Waals surface area contributed by atoms with Gasteiger partial charge in [-0.3, -0.25) is 4.79 Å². The second-order valence-electron chi connectivity index (χ2n) is 4.46. The summed E-state index contributed by atoms with van der Waals surface area (Å²) < 4.78 is 5.19. The molecule has 1 atom stereocenters. The zero-order chi connectivity index (χ0) is 11.6. The number of carbonyl (C=O) groups excluding carboxylic acids is 1. The van der Waals surface area contributed by atoms with Gasteiger partial charge in [0.25, 0.3) is 0 Å². The minimum Gasteiger partial charge on any atom is -0.387 e. The fraction of sp³-hybridized carbons (Fsp3) is 0.462. The maximum Gasteiger partial charge on any atom is 0.159 e. The molecule has 1 N–H and O–H groups in total. The molecule has 0 aliphatic carbocycles. The van der Waals surface area contributed by atoms with E-state index in [2.05, 4.69) is 0 Å². The first-order valence-electron chi connectivity index (χ1n) is 5.49. The summed E-state index contributed by atoms with van der Waals surface area (Å²) in [4.78, 5) is 11.2. The van der Waals surface area contributed by atoms with E-state index in [1.165, 1.54) is 0 Å². The Morgan fingerprint density at radius 2 is 2.38 bits per heavy atom. The van der Waals surface area contributed by atoms with Gasteiger partial charge in [-0.25, -0.2) is 0 Å². The van der Waals surface area contributed by atoms with Gasteiger partial charge in [-0.2, -0.15) is 0 Å². The van der Waals surface area contributed by atoms with Crippen molar-refractivity contribution in [2.24, 2.45) is 0 Å². The van der Waals surface area contributed by atoms with Crippen LogP contribution >= 0.6 is 0 Å². The number of rotatable bonds is 3. The van der Waals surface area contributed by atoms with Crippen LogP contribution in [0.4, 0.5) is 0 Å². The summed E-state index contributed by atoms with van der Waals surface area (Å²) in [6, 6.07) is 7.42. The van der Waals surface area contributed by atoms with Crippen molar-refractivity contribution in [1.29, 1.82) is 0 Å². The number of benzene rings is 1. The molecule has 0 aromatic heterocycles. The van der Waals surface area contributed by atoms with Crippen molar-refractivity contribution in [3.05, 3.63) is 35.4 Å². The van der Waals surface area contributed by atoms with Gasteiger partial charge in [0.2, 0.25) is 0 Å². The average molecular weight is 220 g/mol. The van der Waals surface area contributed by atoms with E-state index in [0.717, 1.165) is 5.56 Å². The molecular formula is C13H16O3. The van der Waals surface area contributed by atoms with Gasteiger partial charge >= 0.3 is 0 Å². The molecule has 0 radical (unpaired) electrons. The van der Waals surface area contributed by atoms with Crippen LogP contribution in [0.2, 0.25) is 0 Å². The normalized spacial score (nSPS) is 24.6. The summed E-state index contributed by atoms with van der Waals surface area (Å²) in [6.45, 7) is 2.55. The van der Waals surface area contributed by atoms with Crippen LogP contribution in [0.3, 0.4) is 0 Å². The van der Waals surface area contributed by atoms with Crippen LogP contribution in [-0.4, -0.2) is 29.7 Å². The summed E-state index contributed by atoms with van der Waals surface area (Å²) in [5.74, 6) is 0.0523. The Morgan fingerprint density at radius 3 is 3.00 bits per heavy atom. The molecule has 1 unspecified atom stereocenters. The van der Waals surface area contributed by atoms with Crippen LogP contribution < -0.4 is 0 Å². The van der Waals surface area contributed by atoms with Crippen LogP contribution in [0.1, 0.15) is 29.3 Å². The van der Waals surface area contributed by atoms with Gasteiger partial charge < -0.3 is 9.84 Å². The Kier molecular flexibility index (Phi) is 3.08. The topological polar surface area (TPSA) is 46.5 Å². The van der Waals surface area contributed by atoms with Crippen molar-refractivity contribution in [1.82, 2.24) is 0 Å². The molecule has 0 saturated carbocycles. The predicted octanol–water partition coefficient (Wildman–Crippen LogP) is 1.58. The minimum absolute atomic E-state index is 0.0523. The molecule has 1 aromatic rings. The largest absolute Gasteiger partial charge is 0.387 e. The standard InChI is InChI=1S/C13H16O3/c1-10(14)12-4-2-3-11(7-12)8-13(15)5-6-16-9-13/h2-4,7,15H,5-6,8-9H2,1H3. The Hall–Kier alpha value is -1.19. The van der Waals surface area contributed by atoms with Crippen molar-refractivity contribution in [3.63, 3.8) is 0 Å². The third-order valence-corrected chi connectivity index (χ3v) is 2.95. The number of hydrogen-bond acceptors (Lipinski definition) is 3. The number of ketones is 1. The maximum absolute atomic E-state index is 11.2. The summed E-state index contributed by atoms with van der Waals surface area (Å²) in [7, 11) is 0. The fourth-order valence-electron chi connectivity index (χ4n) is 2.02. The van der Waals surface area contributed by atoms with Gasteiger partial charge in [0.1, 0.15) is 0 Å². The van der Waals surface area contributed by atoms with Crippen LogP contribution in [0.15, 0.2) is 24.3 Å². The molecule has 86 valence electrons. The predicted molar refractivity (Wildman–Crippen MR) is 60.5 cm³/mol. The SMILES string of the molecule is CC(=O)c1cccc(CC2(O)CCOC2)c1. The zero-order valence-electron chi connectivity index (χ0n) is 9.40. The van der Waals surface area contributed by atoms with E-state index in [1.807, 2.05) is 18.2 Å². The highest BCUT2D eigenvalue weighted by atomic mass is 16.5. The second-order valence-corrected chi connectivity index (χ2v) is 4.46. The van der Waals surface area contributed by atoms with Gasteiger partial charge in [0.15, 0.2) is 5.78 Å². The first-order chi connectivity index (χ1) is 7.59. The van der Waals surface area contributed by atoms with Gasteiger partial charge in [-0.1, -0.05) is 18.2 Å². The monoisotopic (exact) mass is 220 g/mol. The molecule has 2 rings (SSSR count).